The van der Waals surface area contributed by atoms with Crippen LogP contribution in [0.25, 0.3) is 0 Å². The Bertz CT molecular complexity index is 1170. The molecule has 0 radical (unpaired) electrons. The van der Waals surface area contributed by atoms with Crippen LogP contribution in [0.4, 0.5) is 4.79 Å². The zero-order chi connectivity index (χ0) is 24.0. The minimum Gasteiger partial charge on any atom is -0.445 e. The van der Waals surface area contributed by atoms with E-state index in [0.717, 1.165) is 5.56 Å². The normalized spacial score (nSPS) is 14.7. The van der Waals surface area contributed by atoms with Crippen LogP contribution in [-0.4, -0.2) is 55.9 Å². The number of nitrogens with one attached hydrogen (secondary N) is 2. The van der Waals surface area contributed by atoms with Gasteiger partial charge in [0.25, 0.3) is 15.9 Å². The van der Waals surface area contributed by atoms with Crippen LogP contribution in [0, 0.1) is 0 Å². The summed E-state index contributed by atoms with van der Waals surface area (Å²) < 4.78 is 35.2. The van der Waals surface area contributed by atoms with Gasteiger partial charge in [-0.05, 0) is 24.6 Å². The second-order valence-electron chi connectivity index (χ2n) is 6.95. The van der Waals surface area contributed by atoms with Crippen molar-refractivity contribution in [2.45, 2.75) is 24.5 Å². The molecule has 1 aliphatic rings. The minimum atomic E-state index is -4.13. The fraction of sp³-hybridized carbons (Fsp3) is 0.238. The van der Waals surface area contributed by atoms with Crippen LogP contribution in [0.15, 0.2) is 59.5 Å². The molecule has 33 heavy (non-hydrogen) atoms. The topological polar surface area (TPSA) is 148 Å². The molecule has 1 heterocycles. The van der Waals surface area contributed by atoms with Crippen molar-refractivity contribution in [3.63, 3.8) is 0 Å². The molecular weight excluding hydrogens is 454 g/mol. The molecule has 0 saturated carbocycles. The van der Waals surface area contributed by atoms with Crippen LogP contribution in [0.1, 0.15) is 22.8 Å². The van der Waals surface area contributed by atoms with Gasteiger partial charge in [-0.1, -0.05) is 42.5 Å². The zero-order valence-electron chi connectivity index (χ0n) is 17.5. The molecule has 2 N–H and O–H groups in total. The number of rotatable bonds is 8. The molecule has 0 aliphatic carbocycles. The summed E-state index contributed by atoms with van der Waals surface area (Å²) in [6.45, 7) is 0.0422. The van der Waals surface area contributed by atoms with Gasteiger partial charge in [0.2, 0.25) is 5.91 Å². The van der Waals surface area contributed by atoms with Gasteiger partial charge in [0.05, 0.1) is 5.56 Å². The van der Waals surface area contributed by atoms with Gasteiger partial charge in [-0.25, -0.2) is 18.0 Å². The van der Waals surface area contributed by atoms with Gasteiger partial charge >= 0.3 is 12.1 Å². The van der Waals surface area contributed by atoms with E-state index in [1.54, 1.807) is 24.3 Å². The molecule has 1 atom stereocenters. The van der Waals surface area contributed by atoms with Crippen molar-refractivity contribution in [2.75, 3.05) is 13.3 Å². The van der Waals surface area contributed by atoms with Gasteiger partial charge in [0.1, 0.15) is 24.1 Å². The number of hydrogen-bond acceptors (Lipinski definition) is 8. The molecule has 11 nitrogen and oxygen atoms in total. The van der Waals surface area contributed by atoms with Crippen LogP contribution < -0.4 is 10.6 Å². The summed E-state index contributed by atoms with van der Waals surface area (Å²) >= 11 is 0. The molecule has 2 aromatic carbocycles. The maximum atomic E-state index is 12.4. The molecule has 12 heteroatoms. The third kappa shape index (κ3) is 5.66. The first-order valence-electron chi connectivity index (χ1n) is 9.77. The summed E-state index contributed by atoms with van der Waals surface area (Å²) in [5.41, 5.74) is 0.759. The summed E-state index contributed by atoms with van der Waals surface area (Å²) in [5.74, 6) is -2.48. The predicted octanol–water partition coefficient (Wildman–Crippen LogP) is 0.763. The number of ether oxygens (including phenoxy) is 2. The number of alkyl carbamates (subject to hydrolysis) is 1. The molecule has 1 aliphatic heterocycles. The van der Waals surface area contributed by atoms with Crippen molar-refractivity contribution in [2.24, 2.45) is 0 Å². The highest BCUT2D eigenvalue weighted by atomic mass is 32.2. The molecule has 174 valence electrons. The van der Waals surface area contributed by atoms with E-state index in [2.05, 4.69) is 10.6 Å². The van der Waals surface area contributed by atoms with Crippen LogP contribution in [0.2, 0.25) is 0 Å². The van der Waals surface area contributed by atoms with Crippen molar-refractivity contribution in [1.82, 2.24) is 14.9 Å². The quantitative estimate of drug-likeness (QED) is 0.532. The first kappa shape index (κ1) is 23.7. The highest BCUT2D eigenvalue weighted by Gasteiger charge is 2.41. The lowest BCUT2D eigenvalue weighted by Gasteiger charge is -2.18. The SMILES string of the molecule is C[C@H](NC(=O)CNC(=O)OCc1ccccc1)C(=O)OCN1C(=O)c2ccccc2S1(=O)=O. The number of amides is 3. The van der Waals surface area contributed by atoms with Gasteiger partial charge in [-0.3, -0.25) is 9.59 Å². The predicted molar refractivity (Wildman–Crippen MR) is 113 cm³/mol. The lowest BCUT2D eigenvalue weighted by molar-refractivity contribution is -0.149. The Morgan fingerprint density at radius 1 is 1.00 bits per heavy atom. The standard InChI is InChI=1S/C21H21N3O8S/c1-14(23-18(25)11-22-21(28)31-12-15-7-3-2-4-8-15)20(27)32-13-24-19(26)16-9-5-6-10-17(16)33(24,29)30/h2-10,14H,11-13H2,1H3,(H,22,28)(H,23,25)/t14-/m0/s1. The summed E-state index contributed by atoms with van der Waals surface area (Å²) in [6.07, 6.45) is -0.818. The van der Waals surface area contributed by atoms with E-state index in [1.807, 2.05) is 6.07 Å². The molecule has 0 bridgehead atoms. The molecule has 0 unspecified atom stereocenters. The Balaban J connectivity index is 1.42. The van der Waals surface area contributed by atoms with Crippen LogP contribution in [0.5, 0.6) is 0 Å². The highest BCUT2D eigenvalue weighted by Crippen LogP contribution is 2.29. The number of carbonyl (C=O) groups excluding carboxylic acids is 4. The lowest BCUT2D eigenvalue weighted by atomic mass is 10.2. The summed E-state index contributed by atoms with van der Waals surface area (Å²) in [6, 6.07) is 13.4. The van der Waals surface area contributed by atoms with Crippen molar-refractivity contribution in [1.29, 1.82) is 0 Å². The molecule has 3 rings (SSSR count). The fourth-order valence-corrected chi connectivity index (χ4v) is 4.31. The summed E-state index contributed by atoms with van der Waals surface area (Å²) in [7, 11) is -4.13. The first-order chi connectivity index (χ1) is 15.7. The van der Waals surface area contributed by atoms with E-state index in [-0.39, 0.29) is 17.1 Å². The zero-order valence-corrected chi connectivity index (χ0v) is 18.3. The smallest absolute Gasteiger partial charge is 0.407 e. The minimum absolute atomic E-state index is 0.0138. The Morgan fingerprint density at radius 3 is 2.36 bits per heavy atom. The third-order valence-electron chi connectivity index (χ3n) is 4.57. The molecule has 0 fully saturated rings. The number of benzene rings is 2. The second-order valence-corrected chi connectivity index (χ2v) is 8.78. The fourth-order valence-electron chi connectivity index (χ4n) is 2.88. The van der Waals surface area contributed by atoms with Crippen LogP contribution >= 0.6 is 0 Å². The average Bonchev–Trinajstić information content (AvgIpc) is 3.00. The highest BCUT2D eigenvalue weighted by molar-refractivity contribution is 7.90. The first-order valence-corrected chi connectivity index (χ1v) is 11.2. The van der Waals surface area contributed by atoms with E-state index >= 15 is 0 Å². The van der Waals surface area contributed by atoms with Crippen LogP contribution in [-0.2, 0) is 35.7 Å². The average molecular weight is 475 g/mol. The number of carbonyl (C=O) groups is 4. The summed E-state index contributed by atoms with van der Waals surface area (Å²) in [4.78, 5) is 47.9. The van der Waals surface area contributed by atoms with Crippen LogP contribution in [0.3, 0.4) is 0 Å². The number of esters is 1. The molecular formula is C21H21N3O8S. The van der Waals surface area contributed by atoms with Gasteiger partial charge in [0, 0.05) is 0 Å². The van der Waals surface area contributed by atoms with Gasteiger partial charge in [-0.15, -0.1) is 0 Å². The van der Waals surface area contributed by atoms with E-state index < -0.39 is 53.2 Å². The van der Waals surface area contributed by atoms with E-state index in [1.165, 1.54) is 31.2 Å². The maximum Gasteiger partial charge on any atom is 0.407 e. The van der Waals surface area contributed by atoms with Gasteiger partial charge in [0.15, 0.2) is 6.73 Å². The van der Waals surface area contributed by atoms with Crippen molar-refractivity contribution in [3.05, 3.63) is 65.7 Å². The lowest BCUT2D eigenvalue weighted by Crippen LogP contribution is -2.45. The Morgan fingerprint density at radius 2 is 1.67 bits per heavy atom. The largest absolute Gasteiger partial charge is 0.445 e. The maximum absolute atomic E-state index is 12.4. The number of sulfonamides is 1. The Labute approximate surface area is 189 Å². The Hall–Kier alpha value is -3.93. The monoisotopic (exact) mass is 475 g/mol. The molecule has 0 aromatic heterocycles. The number of hydrogen-bond donors (Lipinski definition) is 2. The molecule has 3 amide bonds. The van der Waals surface area contributed by atoms with Crippen molar-refractivity contribution < 1.29 is 37.1 Å². The van der Waals surface area contributed by atoms with Crippen molar-refractivity contribution >= 4 is 33.9 Å². The Kier molecular flexibility index (Phi) is 7.28. The molecule has 0 saturated heterocycles. The van der Waals surface area contributed by atoms with Gasteiger partial charge in [-0.2, -0.15) is 4.31 Å². The molecule has 2 aromatic rings. The number of fused-ring (bicyclic) bond motifs is 1. The molecule has 0 spiro atoms. The van der Waals surface area contributed by atoms with E-state index in [9.17, 15) is 27.6 Å². The van der Waals surface area contributed by atoms with Crippen molar-refractivity contribution in [3.8, 4) is 0 Å². The third-order valence-corrected chi connectivity index (χ3v) is 6.34. The summed E-state index contributed by atoms with van der Waals surface area (Å²) in [5, 5.41) is 4.54. The van der Waals surface area contributed by atoms with Gasteiger partial charge < -0.3 is 20.1 Å². The second kappa shape index (κ2) is 10.1. The number of nitrogens with zero attached hydrogens (tertiary/aromatic N) is 1. The van der Waals surface area contributed by atoms with E-state index in [0.29, 0.717) is 4.31 Å². The van der Waals surface area contributed by atoms with E-state index in [4.69, 9.17) is 9.47 Å².